The first-order valence-electron chi connectivity index (χ1n) is 21.8. The van der Waals surface area contributed by atoms with Gasteiger partial charge in [-0.1, -0.05) is 140 Å². The standard InChI is InChI=1S/C58H38N4O2/c1-2-13-37(14-3-1)38-24-26-39(27-25-38)57-60-35-42-32-48-44-17-6-8-20-52(44)64-55(48)34-49(42)62-50-30-36(23-28-43(50)47-31-40-15-4-5-16-41(40)33-51(47)62)12-11-29-59-58(61-57)46-19-10-22-54-56(46)45-18-7-9-21-53(45)63-54/h1-10,13-34H,11-12,35H2/b59-29-,60-57-,61-58-. The number of rotatable bonds is 3. The lowest BCUT2D eigenvalue weighted by atomic mass is 10.0. The SMILES string of the molecule is C1=N/C(c2cccc3oc4ccccc4c23)=N\C(c2ccc(-c3ccccc3)cc2)=N/Cc2cc3c(cc2-n2c4cc(ccc4c4cc5ccccc5cc42)CC\1)oc1ccccc13. The summed E-state index contributed by atoms with van der Waals surface area (Å²) in [7, 11) is 0. The molecule has 0 saturated carbocycles. The maximum atomic E-state index is 6.62. The molecule has 0 unspecified atom stereocenters. The highest BCUT2D eigenvalue weighted by atomic mass is 16.3. The Bertz CT molecular complexity index is 3920. The number of nitrogens with zero attached hydrogens (tertiary/aromatic N) is 4. The molecule has 6 nitrogen and oxygen atoms in total. The van der Waals surface area contributed by atoms with Gasteiger partial charge in [-0.15, -0.1) is 0 Å². The minimum atomic E-state index is 0.342. The first-order chi connectivity index (χ1) is 31.7. The summed E-state index contributed by atoms with van der Waals surface area (Å²) in [6.07, 6.45) is 3.52. The molecule has 0 N–H and O–H groups in total. The van der Waals surface area contributed by atoms with Crippen LogP contribution in [0.4, 0.5) is 0 Å². The van der Waals surface area contributed by atoms with Gasteiger partial charge in [0.05, 0.1) is 23.3 Å². The summed E-state index contributed by atoms with van der Waals surface area (Å²) in [6.45, 7) is 0.342. The van der Waals surface area contributed by atoms with Gasteiger partial charge in [-0.2, -0.15) is 0 Å². The lowest BCUT2D eigenvalue weighted by molar-refractivity contribution is 0.668. The van der Waals surface area contributed by atoms with Crippen LogP contribution in [0, 0.1) is 0 Å². The molecule has 6 heteroatoms. The zero-order valence-electron chi connectivity index (χ0n) is 34.7. The van der Waals surface area contributed by atoms with Gasteiger partial charge < -0.3 is 13.4 Å². The largest absolute Gasteiger partial charge is 0.456 e. The summed E-state index contributed by atoms with van der Waals surface area (Å²) in [5, 5.41) is 8.93. The van der Waals surface area contributed by atoms with Gasteiger partial charge in [0.1, 0.15) is 22.3 Å². The van der Waals surface area contributed by atoms with E-state index in [0.29, 0.717) is 24.6 Å². The lowest BCUT2D eigenvalue weighted by Gasteiger charge is -2.14. The van der Waals surface area contributed by atoms with E-state index in [1.54, 1.807) is 0 Å². The van der Waals surface area contributed by atoms with Gasteiger partial charge in [0.25, 0.3) is 0 Å². The number of aliphatic imine (C=N–C) groups is 3. The van der Waals surface area contributed by atoms with Crippen molar-refractivity contribution < 1.29 is 8.83 Å². The van der Waals surface area contributed by atoms with Crippen molar-refractivity contribution in [2.24, 2.45) is 15.0 Å². The fraction of sp³-hybridized carbons (Fsp3) is 0.0517. The average Bonchev–Trinajstić information content (AvgIpc) is 4.01. The van der Waals surface area contributed by atoms with Crippen molar-refractivity contribution in [2.45, 2.75) is 19.4 Å². The Morgan fingerprint density at radius 2 is 1.14 bits per heavy atom. The predicted molar refractivity (Wildman–Crippen MR) is 265 cm³/mol. The summed E-state index contributed by atoms with van der Waals surface area (Å²) in [5.41, 5.74) is 12.9. The summed E-state index contributed by atoms with van der Waals surface area (Å²) >= 11 is 0. The summed E-state index contributed by atoms with van der Waals surface area (Å²) < 4.78 is 15.4. The van der Waals surface area contributed by atoms with Gasteiger partial charge in [-0.3, -0.25) is 4.99 Å². The molecule has 0 aliphatic carbocycles. The normalized spacial score (nSPS) is 15.7. The number of aromatic nitrogens is 1. The van der Waals surface area contributed by atoms with Crippen molar-refractivity contribution in [3.05, 3.63) is 210 Å². The molecule has 2 bridgehead atoms. The Labute approximate surface area is 367 Å². The second kappa shape index (κ2) is 14.6. The molecule has 0 radical (unpaired) electrons. The van der Waals surface area contributed by atoms with Crippen LogP contribution < -0.4 is 0 Å². The van der Waals surface area contributed by atoms with E-state index in [2.05, 4.69) is 144 Å². The fourth-order valence-corrected chi connectivity index (χ4v) is 9.70. The molecule has 1 aliphatic heterocycles. The van der Waals surface area contributed by atoms with Gasteiger partial charge in [0, 0.05) is 55.7 Å². The van der Waals surface area contributed by atoms with Crippen molar-refractivity contribution in [2.75, 3.05) is 0 Å². The number of hydrogen-bond acceptors (Lipinski definition) is 5. The van der Waals surface area contributed by atoms with Gasteiger partial charge >= 0.3 is 0 Å². The highest BCUT2D eigenvalue weighted by Gasteiger charge is 2.21. The van der Waals surface area contributed by atoms with E-state index in [4.69, 9.17) is 23.8 Å². The van der Waals surface area contributed by atoms with E-state index in [0.717, 1.165) is 94.8 Å². The van der Waals surface area contributed by atoms with Crippen LogP contribution in [0.15, 0.2) is 212 Å². The zero-order chi connectivity index (χ0) is 42.1. The fourth-order valence-electron chi connectivity index (χ4n) is 9.70. The van der Waals surface area contributed by atoms with E-state index in [-0.39, 0.29) is 0 Å². The lowest BCUT2D eigenvalue weighted by Crippen LogP contribution is -2.07. The third kappa shape index (κ3) is 5.98. The van der Waals surface area contributed by atoms with Crippen LogP contribution in [0.2, 0.25) is 0 Å². The molecule has 0 amide bonds. The summed E-state index contributed by atoms with van der Waals surface area (Å²) in [6, 6.07) is 66.3. The highest BCUT2D eigenvalue weighted by molar-refractivity contribution is 6.22. The first-order valence-corrected chi connectivity index (χ1v) is 21.8. The molecule has 64 heavy (non-hydrogen) atoms. The molecule has 0 fully saturated rings. The Kier molecular flexibility index (Phi) is 8.31. The molecule has 1 aliphatic rings. The second-order valence-electron chi connectivity index (χ2n) is 16.6. The van der Waals surface area contributed by atoms with Crippen molar-refractivity contribution >= 4 is 94.3 Å². The number of para-hydroxylation sites is 2. The van der Waals surface area contributed by atoms with Crippen LogP contribution in [-0.4, -0.2) is 22.5 Å². The topological polar surface area (TPSA) is 68.3 Å². The third-order valence-corrected chi connectivity index (χ3v) is 12.8. The third-order valence-electron chi connectivity index (χ3n) is 12.8. The molecule has 0 atom stereocenters. The van der Waals surface area contributed by atoms with E-state index in [9.17, 15) is 0 Å². The predicted octanol–water partition coefficient (Wildman–Crippen LogP) is 14.8. The second-order valence-corrected chi connectivity index (χ2v) is 16.6. The van der Waals surface area contributed by atoms with Crippen LogP contribution >= 0.6 is 0 Å². The van der Waals surface area contributed by atoms with Crippen LogP contribution in [0.5, 0.6) is 0 Å². The number of amidine groups is 2. The van der Waals surface area contributed by atoms with Crippen LogP contribution in [0.3, 0.4) is 0 Å². The minimum Gasteiger partial charge on any atom is -0.456 e. The molecule has 9 aromatic carbocycles. The molecule has 0 spiro atoms. The quantitative estimate of drug-likeness (QED) is 0.178. The molecule has 0 saturated heterocycles. The van der Waals surface area contributed by atoms with Crippen molar-refractivity contribution in [1.82, 2.24) is 4.57 Å². The van der Waals surface area contributed by atoms with Crippen molar-refractivity contribution in [3.63, 3.8) is 0 Å². The van der Waals surface area contributed by atoms with Crippen molar-refractivity contribution in [3.8, 4) is 16.8 Å². The molecule has 13 rings (SSSR count). The van der Waals surface area contributed by atoms with Crippen molar-refractivity contribution in [1.29, 1.82) is 0 Å². The molecule has 3 aromatic heterocycles. The van der Waals surface area contributed by atoms with Crippen LogP contribution in [-0.2, 0) is 13.0 Å². The Morgan fingerprint density at radius 3 is 2.00 bits per heavy atom. The van der Waals surface area contributed by atoms with Gasteiger partial charge in [-0.05, 0) is 88.3 Å². The maximum absolute atomic E-state index is 6.62. The van der Waals surface area contributed by atoms with E-state index >= 15 is 0 Å². The number of aryl methyl sites for hydroxylation is 1. The highest BCUT2D eigenvalue weighted by Crippen LogP contribution is 2.40. The molecule has 302 valence electrons. The Hall–Kier alpha value is -8.35. The van der Waals surface area contributed by atoms with E-state index < -0.39 is 0 Å². The van der Waals surface area contributed by atoms with E-state index in [1.807, 2.05) is 54.7 Å². The molecule has 12 aromatic rings. The smallest absolute Gasteiger partial charge is 0.162 e. The number of fused-ring (bicyclic) bond motifs is 13. The average molecular weight is 823 g/mol. The minimum absolute atomic E-state index is 0.342. The maximum Gasteiger partial charge on any atom is 0.162 e. The van der Waals surface area contributed by atoms with E-state index in [1.165, 1.54) is 27.1 Å². The zero-order valence-corrected chi connectivity index (χ0v) is 34.7. The number of furan rings is 2. The van der Waals surface area contributed by atoms with Crippen LogP contribution in [0.1, 0.15) is 28.7 Å². The molecular weight excluding hydrogens is 785 g/mol. The number of hydrogen-bond donors (Lipinski definition) is 0. The summed E-state index contributed by atoms with van der Waals surface area (Å²) in [4.78, 5) is 16.2. The number of benzene rings is 9. The molecular formula is C58H38N4O2. The Morgan fingerprint density at radius 1 is 0.453 bits per heavy atom. The summed E-state index contributed by atoms with van der Waals surface area (Å²) in [5.74, 6) is 1.16. The molecule has 4 heterocycles. The van der Waals surface area contributed by atoms with Gasteiger partial charge in [0.2, 0.25) is 0 Å². The monoisotopic (exact) mass is 822 g/mol. The van der Waals surface area contributed by atoms with Gasteiger partial charge in [0.15, 0.2) is 11.7 Å². The Balaban J connectivity index is 1.09. The van der Waals surface area contributed by atoms with Gasteiger partial charge in [-0.25, -0.2) is 9.98 Å². The van der Waals surface area contributed by atoms with Crippen LogP contribution in [0.25, 0.3) is 93.3 Å². The first kappa shape index (κ1) is 36.3.